The summed E-state index contributed by atoms with van der Waals surface area (Å²) in [6, 6.07) is 2.97. The van der Waals surface area contributed by atoms with Crippen LogP contribution in [-0.4, -0.2) is 22.1 Å². The van der Waals surface area contributed by atoms with Gasteiger partial charge in [-0.25, -0.2) is 0 Å². The molecule has 0 aromatic heterocycles. The van der Waals surface area contributed by atoms with Gasteiger partial charge in [0.05, 0.1) is 16.1 Å². The zero-order valence-electron chi connectivity index (χ0n) is 8.20. The van der Waals surface area contributed by atoms with Crippen molar-refractivity contribution < 1.29 is 10.2 Å². The molecule has 0 spiro atoms. The summed E-state index contributed by atoms with van der Waals surface area (Å²) in [4.78, 5) is 0. The van der Waals surface area contributed by atoms with Gasteiger partial charge in [0.2, 0.25) is 0 Å². The van der Waals surface area contributed by atoms with Crippen LogP contribution in [0.15, 0.2) is 12.1 Å². The molecule has 0 radical (unpaired) electrons. The van der Waals surface area contributed by atoms with Crippen molar-refractivity contribution in [2.75, 3.05) is 5.75 Å². The smallest absolute Gasteiger partial charge is 0.106 e. The van der Waals surface area contributed by atoms with Gasteiger partial charge in [-0.15, -0.1) is 0 Å². The molecule has 6 heteroatoms. The molecule has 0 saturated heterocycles. The highest BCUT2D eigenvalue weighted by atomic mass is 35.5. The molecule has 0 fully saturated rings. The summed E-state index contributed by atoms with van der Waals surface area (Å²) in [6.45, 7) is 0. The lowest BCUT2D eigenvalue weighted by Gasteiger charge is -2.19. The van der Waals surface area contributed by atoms with Crippen molar-refractivity contribution in [2.45, 2.75) is 18.6 Å². The predicted octanol–water partition coefficient (Wildman–Crippen LogP) is 3.36. The van der Waals surface area contributed by atoms with Crippen LogP contribution in [-0.2, 0) is 0 Å². The molecule has 1 rings (SSSR count). The largest absolute Gasteiger partial charge is 0.390 e. The van der Waals surface area contributed by atoms with Gasteiger partial charge in [-0.1, -0.05) is 34.8 Å². The normalized spacial score (nSPS) is 14.9. The summed E-state index contributed by atoms with van der Waals surface area (Å²) in [5.74, 6) is 0.462. The van der Waals surface area contributed by atoms with Crippen molar-refractivity contribution in [2.24, 2.45) is 0 Å². The Hall–Kier alpha value is 0.360. The first-order chi connectivity index (χ1) is 7.47. The van der Waals surface area contributed by atoms with Crippen molar-refractivity contribution in [1.29, 1.82) is 0 Å². The molecule has 1 aromatic carbocycles. The van der Waals surface area contributed by atoms with Gasteiger partial charge in [-0.2, -0.15) is 12.6 Å². The monoisotopic (exact) mass is 300 g/mol. The van der Waals surface area contributed by atoms with Crippen molar-refractivity contribution in [3.63, 3.8) is 0 Å². The van der Waals surface area contributed by atoms with Crippen LogP contribution in [0, 0.1) is 0 Å². The average Bonchev–Trinajstić information content (AvgIpc) is 2.22. The quantitative estimate of drug-likeness (QED) is 0.589. The summed E-state index contributed by atoms with van der Waals surface area (Å²) in [6.07, 6.45) is -1.70. The van der Waals surface area contributed by atoms with Gasteiger partial charge in [0, 0.05) is 10.6 Å². The van der Waals surface area contributed by atoms with Crippen molar-refractivity contribution in [3.8, 4) is 0 Å². The summed E-state index contributed by atoms with van der Waals surface area (Å²) in [5, 5.41) is 20.3. The fraction of sp³-hybridized carbons (Fsp3) is 0.400. The lowest BCUT2D eigenvalue weighted by molar-refractivity contribution is 0.0173. The summed E-state index contributed by atoms with van der Waals surface area (Å²) in [7, 11) is 0. The van der Waals surface area contributed by atoms with E-state index in [-0.39, 0.29) is 10.0 Å². The predicted molar refractivity (Wildman–Crippen MR) is 70.9 cm³/mol. The number of aliphatic hydroxyl groups excluding tert-OH is 2. The van der Waals surface area contributed by atoms with E-state index in [0.717, 1.165) is 0 Å². The molecule has 0 saturated carbocycles. The second kappa shape index (κ2) is 6.34. The molecule has 0 amide bonds. The molecule has 0 bridgehead atoms. The maximum absolute atomic E-state index is 9.86. The minimum atomic E-state index is -1.11. The maximum Gasteiger partial charge on any atom is 0.106 e. The van der Waals surface area contributed by atoms with Crippen LogP contribution in [0.1, 0.15) is 18.1 Å². The van der Waals surface area contributed by atoms with E-state index in [0.29, 0.717) is 22.8 Å². The third-order valence-corrected chi connectivity index (χ3v) is 3.42. The number of hydrogen-bond acceptors (Lipinski definition) is 3. The first kappa shape index (κ1) is 14.4. The molecule has 2 atom stereocenters. The number of thiol groups is 1. The molecule has 0 heterocycles. The maximum atomic E-state index is 9.86. The summed E-state index contributed by atoms with van der Waals surface area (Å²) in [5.41, 5.74) is 0.327. The van der Waals surface area contributed by atoms with Crippen LogP contribution in [0.2, 0.25) is 15.1 Å². The van der Waals surface area contributed by atoms with Crippen molar-refractivity contribution in [1.82, 2.24) is 0 Å². The van der Waals surface area contributed by atoms with Crippen LogP contribution >= 0.6 is 47.4 Å². The average molecular weight is 302 g/mol. The first-order valence-electron chi connectivity index (χ1n) is 4.58. The highest BCUT2D eigenvalue weighted by Crippen LogP contribution is 2.35. The van der Waals surface area contributed by atoms with Crippen LogP contribution in [0.5, 0.6) is 0 Å². The van der Waals surface area contributed by atoms with Crippen LogP contribution < -0.4 is 0 Å². The molecule has 2 unspecified atom stereocenters. The lowest BCUT2D eigenvalue weighted by Crippen LogP contribution is -2.19. The number of aliphatic hydroxyl groups is 2. The second-order valence-corrected chi connectivity index (χ2v) is 4.98. The van der Waals surface area contributed by atoms with Crippen molar-refractivity contribution >= 4 is 47.4 Å². The molecule has 0 aliphatic rings. The number of rotatable bonds is 4. The van der Waals surface area contributed by atoms with Gasteiger partial charge < -0.3 is 10.2 Å². The van der Waals surface area contributed by atoms with Gasteiger partial charge in [-0.05, 0) is 24.3 Å². The highest BCUT2D eigenvalue weighted by molar-refractivity contribution is 7.80. The minimum Gasteiger partial charge on any atom is -0.390 e. The Bertz CT molecular complexity index is 373. The molecule has 2 N–H and O–H groups in total. The van der Waals surface area contributed by atoms with Gasteiger partial charge in [0.15, 0.2) is 0 Å². The molecule has 1 aromatic rings. The summed E-state index contributed by atoms with van der Waals surface area (Å²) >= 11 is 21.5. The van der Waals surface area contributed by atoms with E-state index in [1.165, 1.54) is 12.1 Å². The van der Waals surface area contributed by atoms with E-state index in [2.05, 4.69) is 12.6 Å². The molecule has 2 nitrogen and oxygen atoms in total. The van der Waals surface area contributed by atoms with Crippen LogP contribution in [0.25, 0.3) is 0 Å². The van der Waals surface area contributed by atoms with Gasteiger partial charge in [-0.3, -0.25) is 0 Å². The Morgan fingerprint density at radius 2 is 1.81 bits per heavy atom. The molecule has 0 aliphatic carbocycles. The third-order valence-electron chi connectivity index (χ3n) is 2.13. The molecule has 16 heavy (non-hydrogen) atoms. The molecule has 90 valence electrons. The molecular formula is C10H11Cl3O2S. The standard InChI is InChI=1S/C10H11Cl3O2S/c11-5-3-6(9(13)7(12)4-5)10(15)8(14)1-2-16/h3-4,8,10,14-16H,1-2H2. The Balaban J connectivity index is 3.03. The van der Waals surface area contributed by atoms with Gasteiger partial charge in [0.25, 0.3) is 0 Å². The Kier molecular flexibility index (Phi) is 5.71. The topological polar surface area (TPSA) is 40.5 Å². The van der Waals surface area contributed by atoms with E-state index >= 15 is 0 Å². The van der Waals surface area contributed by atoms with E-state index in [1.807, 2.05) is 0 Å². The van der Waals surface area contributed by atoms with Crippen LogP contribution in [0.3, 0.4) is 0 Å². The number of hydrogen-bond donors (Lipinski definition) is 3. The first-order valence-corrected chi connectivity index (χ1v) is 6.35. The van der Waals surface area contributed by atoms with Gasteiger partial charge in [0.1, 0.15) is 6.10 Å². The Morgan fingerprint density at radius 1 is 1.19 bits per heavy atom. The minimum absolute atomic E-state index is 0.205. The fourth-order valence-electron chi connectivity index (χ4n) is 1.29. The fourth-order valence-corrected chi connectivity index (χ4v) is 2.28. The second-order valence-electron chi connectivity index (χ2n) is 3.32. The van der Waals surface area contributed by atoms with Crippen molar-refractivity contribution in [3.05, 3.63) is 32.8 Å². The summed E-state index contributed by atoms with van der Waals surface area (Å²) < 4.78 is 0. The zero-order chi connectivity index (χ0) is 12.3. The van der Waals surface area contributed by atoms with Gasteiger partial charge >= 0.3 is 0 Å². The van der Waals surface area contributed by atoms with E-state index in [4.69, 9.17) is 34.8 Å². The number of benzene rings is 1. The Morgan fingerprint density at radius 3 is 2.38 bits per heavy atom. The van der Waals surface area contributed by atoms with E-state index < -0.39 is 12.2 Å². The molecule has 0 aliphatic heterocycles. The Labute approximate surface area is 115 Å². The van der Waals surface area contributed by atoms with E-state index in [9.17, 15) is 10.2 Å². The highest BCUT2D eigenvalue weighted by Gasteiger charge is 2.21. The zero-order valence-corrected chi connectivity index (χ0v) is 11.4. The SMILES string of the molecule is OC(CCS)C(O)c1cc(Cl)cc(Cl)c1Cl. The lowest BCUT2D eigenvalue weighted by atomic mass is 10.0. The third kappa shape index (κ3) is 3.42. The molecular weight excluding hydrogens is 291 g/mol. The van der Waals surface area contributed by atoms with Crippen LogP contribution in [0.4, 0.5) is 0 Å². The number of halogens is 3. The van der Waals surface area contributed by atoms with E-state index in [1.54, 1.807) is 0 Å².